The molecule has 2 N–H and O–H groups in total. The third-order valence-corrected chi connectivity index (χ3v) is 2.02. The van der Waals surface area contributed by atoms with E-state index in [9.17, 15) is 4.79 Å². The van der Waals surface area contributed by atoms with Crippen molar-refractivity contribution in [3.8, 4) is 0 Å². The lowest BCUT2D eigenvalue weighted by molar-refractivity contribution is 0.0954. The molecule has 0 unspecified atom stereocenters. The second-order valence-corrected chi connectivity index (χ2v) is 4.21. The van der Waals surface area contributed by atoms with Crippen molar-refractivity contribution in [2.75, 3.05) is 6.61 Å². The van der Waals surface area contributed by atoms with Gasteiger partial charge in [-0.15, -0.1) is 0 Å². The van der Waals surface area contributed by atoms with Crippen molar-refractivity contribution >= 4 is 12.1 Å². The number of aliphatic hydroxyl groups is 1. The lowest BCUT2D eigenvalue weighted by Crippen LogP contribution is -2.23. The molecule has 0 saturated carbocycles. The van der Waals surface area contributed by atoms with E-state index in [0.717, 1.165) is 0 Å². The second kappa shape index (κ2) is 5.42. The Hall–Kier alpha value is -1.68. The molecule has 4 nitrogen and oxygen atoms in total. The van der Waals surface area contributed by atoms with Gasteiger partial charge in [-0.25, -0.2) is 5.43 Å². The van der Waals surface area contributed by atoms with Crippen LogP contribution in [0.3, 0.4) is 0 Å². The molecule has 0 heterocycles. The summed E-state index contributed by atoms with van der Waals surface area (Å²) in [7, 11) is 0. The molecule has 0 aliphatic heterocycles. The topological polar surface area (TPSA) is 61.7 Å². The van der Waals surface area contributed by atoms with Crippen LogP contribution < -0.4 is 5.43 Å². The van der Waals surface area contributed by atoms with Gasteiger partial charge in [0.1, 0.15) is 0 Å². The highest BCUT2D eigenvalue weighted by Crippen LogP contribution is 2.08. The van der Waals surface area contributed by atoms with Gasteiger partial charge in [-0.2, -0.15) is 5.10 Å². The number of rotatable bonds is 4. The molecule has 0 saturated heterocycles. The lowest BCUT2D eigenvalue weighted by Gasteiger charge is -2.14. The summed E-state index contributed by atoms with van der Waals surface area (Å²) in [5.41, 5.74) is 2.54. The summed E-state index contributed by atoms with van der Waals surface area (Å²) in [4.78, 5) is 11.5. The molecule has 1 rings (SSSR count). The Morgan fingerprint density at radius 1 is 1.44 bits per heavy atom. The number of nitrogens with zero attached hydrogens (tertiary/aromatic N) is 1. The average Bonchev–Trinajstić information content (AvgIpc) is 2.30. The van der Waals surface area contributed by atoms with Crippen molar-refractivity contribution in [3.63, 3.8) is 0 Å². The third kappa shape index (κ3) is 3.82. The molecule has 0 fully saturated rings. The number of hydrogen-bond acceptors (Lipinski definition) is 3. The Morgan fingerprint density at radius 3 is 2.62 bits per heavy atom. The zero-order valence-corrected chi connectivity index (χ0v) is 9.47. The van der Waals surface area contributed by atoms with Crippen molar-refractivity contribution in [3.05, 3.63) is 35.9 Å². The Morgan fingerprint density at radius 2 is 2.06 bits per heavy atom. The van der Waals surface area contributed by atoms with Crippen LogP contribution >= 0.6 is 0 Å². The summed E-state index contributed by atoms with van der Waals surface area (Å²) in [5.74, 6) is -0.259. The highest BCUT2D eigenvalue weighted by Gasteiger charge is 2.12. The molecule has 0 aromatic heterocycles. The van der Waals surface area contributed by atoms with Gasteiger partial charge in [-0.3, -0.25) is 4.79 Å². The molecule has 0 aliphatic carbocycles. The number of hydrazone groups is 1. The number of nitrogens with one attached hydrogen (secondary N) is 1. The molecule has 16 heavy (non-hydrogen) atoms. The smallest absolute Gasteiger partial charge is 0.271 e. The van der Waals surface area contributed by atoms with E-state index in [1.165, 1.54) is 6.21 Å². The minimum absolute atomic E-state index is 0.0162. The lowest BCUT2D eigenvalue weighted by atomic mass is 9.97. The van der Waals surface area contributed by atoms with Crippen molar-refractivity contribution in [2.45, 2.75) is 13.8 Å². The van der Waals surface area contributed by atoms with Crippen LogP contribution in [-0.4, -0.2) is 23.8 Å². The van der Waals surface area contributed by atoms with E-state index >= 15 is 0 Å². The van der Waals surface area contributed by atoms with Crippen molar-refractivity contribution in [1.29, 1.82) is 0 Å². The summed E-state index contributed by atoms with van der Waals surface area (Å²) in [6.45, 7) is 3.63. The molecule has 1 aromatic carbocycles. The first kappa shape index (κ1) is 12.4. The number of carbonyl (C=O) groups is 1. The largest absolute Gasteiger partial charge is 0.395 e. The van der Waals surface area contributed by atoms with E-state index in [1.807, 2.05) is 19.9 Å². The molecule has 4 heteroatoms. The first-order valence-corrected chi connectivity index (χ1v) is 5.06. The number of benzene rings is 1. The first-order chi connectivity index (χ1) is 7.55. The van der Waals surface area contributed by atoms with Gasteiger partial charge in [0.2, 0.25) is 0 Å². The Bertz CT molecular complexity index is 372. The monoisotopic (exact) mass is 220 g/mol. The van der Waals surface area contributed by atoms with E-state index in [-0.39, 0.29) is 12.5 Å². The molecule has 0 aliphatic rings. The zero-order valence-electron chi connectivity index (χ0n) is 9.47. The van der Waals surface area contributed by atoms with Crippen LogP contribution in [0.5, 0.6) is 0 Å². The summed E-state index contributed by atoms with van der Waals surface area (Å²) in [5, 5.41) is 12.8. The predicted octanol–water partition coefficient (Wildman–Crippen LogP) is 1.42. The van der Waals surface area contributed by atoms with Gasteiger partial charge < -0.3 is 5.11 Å². The maximum Gasteiger partial charge on any atom is 0.271 e. The van der Waals surface area contributed by atoms with Gasteiger partial charge in [0.15, 0.2) is 0 Å². The molecular weight excluding hydrogens is 204 g/mol. The van der Waals surface area contributed by atoms with Crippen LogP contribution in [0.4, 0.5) is 0 Å². The fourth-order valence-corrected chi connectivity index (χ4v) is 0.961. The minimum Gasteiger partial charge on any atom is -0.395 e. The quantitative estimate of drug-likeness (QED) is 0.595. The summed E-state index contributed by atoms with van der Waals surface area (Å²) in [6, 6.07) is 8.84. The maximum atomic E-state index is 11.5. The summed E-state index contributed by atoms with van der Waals surface area (Å²) < 4.78 is 0. The predicted molar refractivity (Wildman–Crippen MR) is 63.3 cm³/mol. The van der Waals surface area contributed by atoms with E-state index < -0.39 is 5.41 Å². The molecular formula is C12H16N2O2. The van der Waals surface area contributed by atoms with Crippen LogP contribution in [0.1, 0.15) is 24.2 Å². The van der Waals surface area contributed by atoms with Gasteiger partial charge in [-0.1, -0.05) is 32.0 Å². The fourth-order valence-electron chi connectivity index (χ4n) is 0.961. The van der Waals surface area contributed by atoms with Crippen LogP contribution in [0.15, 0.2) is 35.4 Å². The second-order valence-electron chi connectivity index (χ2n) is 4.21. The van der Waals surface area contributed by atoms with E-state index in [1.54, 1.807) is 24.3 Å². The summed E-state index contributed by atoms with van der Waals surface area (Å²) >= 11 is 0. The Balaban J connectivity index is 2.54. The van der Waals surface area contributed by atoms with Crippen LogP contribution in [0, 0.1) is 5.41 Å². The van der Waals surface area contributed by atoms with Gasteiger partial charge in [0, 0.05) is 17.2 Å². The molecule has 0 spiro atoms. The molecule has 0 radical (unpaired) electrons. The van der Waals surface area contributed by atoms with E-state index in [2.05, 4.69) is 10.5 Å². The molecule has 0 atom stereocenters. The first-order valence-electron chi connectivity index (χ1n) is 5.06. The zero-order chi connectivity index (χ0) is 12.0. The van der Waals surface area contributed by atoms with Crippen molar-refractivity contribution in [1.82, 2.24) is 5.43 Å². The van der Waals surface area contributed by atoms with Gasteiger partial charge >= 0.3 is 0 Å². The Kier molecular flexibility index (Phi) is 4.19. The maximum absolute atomic E-state index is 11.5. The highest BCUT2D eigenvalue weighted by molar-refractivity contribution is 5.94. The molecule has 1 aromatic rings. The number of aliphatic hydroxyl groups excluding tert-OH is 1. The summed E-state index contributed by atoms with van der Waals surface area (Å²) in [6.07, 6.45) is 1.52. The van der Waals surface area contributed by atoms with Crippen LogP contribution in [0.25, 0.3) is 0 Å². The molecule has 86 valence electrons. The number of hydrogen-bond donors (Lipinski definition) is 2. The fraction of sp³-hybridized carbons (Fsp3) is 0.333. The van der Waals surface area contributed by atoms with Crippen LogP contribution in [-0.2, 0) is 0 Å². The number of carbonyl (C=O) groups excluding carboxylic acids is 1. The normalized spacial score (nSPS) is 11.7. The SMILES string of the molecule is CC(C)(C=NNC(=O)c1ccccc1)CO. The van der Waals surface area contributed by atoms with E-state index in [0.29, 0.717) is 5.56 Å². The minimum atomic E-state index is -0.427. The van der Waals surface area contributed by atoms with E-state index in [4.69, 9.17) is 5.11 Å². The highest BCUT2D eigenvalue weighted by atomic mass is 16.3. The molecule has 1 amide bonds. The molecule has 0 bridgehead atoms. The Labute approximate surface area is 95.0 Å². The third-order valence-electron chi connectivity index (χ3n) is 2.02. The van der Waals surface area contributed by atoms with Gasteiger partial charge in [0.25, 0.3) is 5.91 Å². The van der Waals surface area contributed by atoms with Gasteiger partial charge in [0.05, 0.1) is 6.61 Å². The van der Waals surface area contributed by atoms with Crippen molar-refractivity contribution in [2.24, 2.45) is 10.5 Å². The number of amides is 1. The van der Waals surface area contributed by atoms with Gasteiger partial charge in [-0.05, 0) is 12.1 Å². The van der Waals surface area contributed by atoms with Crippen molar-refractivity contribution < 1.29 is 9.90 Å². The standard InChI is InChI=1S/C12H16N2O2/c1-12(2,9-15)8-13-14-11(16)10-6-4-3-5-7-10/h3-8,15H,9H2,1-2H3,(H,14,16). The average molecular weight is 220 g/mol. The van der Waals surface area contributed by atoms with Crippen LogP contribution in [0.2, 0.25) is 0 Å².